The topological polar surface area (TPSA) is 75.4 Å². The molecule has 0 atom stereocenters. The normalized spacial score (nSPS) is 13.9. The molecule has 0 unspecified atom stereocenters. The summed E-state index contributed by atoms with van der Waals surface area (Å²) in [5.74, 6) is -0.789. The van der Waals surface area contributed by atoms with Gasteiger partial charge in [0, 0.05) is 12.6 Å². The van der Waals surface area contributed by atoms with Crippen LogP contribution in [0, 0.1) is 5.82 Å². The van der Waals surface area contributed by atoms with Gasteiger partial charge in [0.05, 0.1) is 13.1 Å². The predicted octanol–water partition coefficient (Wildman–Crippen LogP) is 0.392. The number of amides is 2. The van der Waals surface area contributed by atoms with Gasteiger partial charge >= 0.3 is 0 Å². The zero-order valence-corrected chi connectivity index (χ0v) is 11.1. The van der Waals surface area contributed by atoms with Gasteiger partial charge in [0.15, 0.2) is 0 Å². The smallest absolute Gasteiger partial charge is 0.242 e. The van der Waals surface area contributed by atoms with Gasteiger partial charge in [-0.1, -0.05) is 12.1 Å². The van der Waals surface area contributed by atoms with Crippen molar-refractivity contribution in [1.29, 1.82) is 0 Å². The number of halogens is 1. The van der Waals surface area contributed by atoms with Gasteiger partial charge in [-0.2, -0.15) is 0 Å². The second kappa shape index (κ2) is 6.47. The highest BCUT2D eigenvalue weighted by Gasteiger charge is 2.32. The lowest BCUT2D eigenvalue weighted by Gasteiger charge is -2.22. The van der Waals surface area contributed by atoms with Gasteiger partial charge < -0.3 is 16.0 Å². The molecule has 1 saturated carbocycles. The Balaban J connectivity index is 1.94. The first kappa shape index (κ1) is 14.5. The highest BCUT2D eigenvalue weighted by Crippen LogP contribution is 2.28. The van der Waals surface area contributed by atoms with Crippen LogP contribution in [0.15, 0.2) is 24.3 Å². The molecule has 2 rings (SSSR count). The van der Waals surface area contributed by atoms with Crippen LogP contribution in [-0.4, -0.2) is 35.8 Å². The first-order valence-corrected chi connectivity index (χ1v) is 6.61. The molecule has 1 aromatic rings. The number of hydrogen-bond donors (Lipinski definition) is 2. The van der Waals surface area contributed by atoms with Gasteiger partial charge in [-0.15, -0.1) is 0 Å². The molecular formula is C14H18FN3O2. The molecule has 0 aromatic heterocycles. The van der Waals surface area contributed by atoms with E-state index in [0.29, 0.717) is 6.54 Å². The monoisotopic (exact) mass is 279 g/mol. The maximum absolute atomic E-state index is 12.9. The maximum Gasteiger partial charge on any atom is 0.242 e. The Hall–Kier alpha value is -1.95. The van der Waals surface area contributed by atoms with E-state index >= 15 is 0 Å². The number of hydrogen-bond acceptors (Lipinski definition) is 3. The van der Waals surface area contributed by atoms with E-state index in [4.69, 9.17) is 5.73 Å². The van der Waals surface area contributed by atoms with Crippen LogP contribution in [-0.2, 0) is 16.1 Å². The molecule has 3 N–H and O–H groups in total. The second-order valence-corrected chi connectivity index (χ2v) is 4.86. The van der Waals surface area contributed by atoms with Crippen molar-refractivity contribution in [3.63, 3.8) is 0 Å². The third-order valence-corrected chi connectivity index (χ3v) is 3.20. The molecule has 1 fully saturated rings. The Morgan fingerprint density at radius 1 is 1.30 bits per heavy atom. The summed E-state index contributed by atoms with van der Waals surface area (Å²) >= 11 is 0. The average molecular weight is 279 g/mol. The molecule has 108 valence electrons. The standard InChI is InChI=1S/C14H18FN3O2/c15-11-3-1-10(2-4-11)9-18(12-5-6-12)14(20)8-17-13(19)7-16/h1-4,12H,5-9,16H2,(H,17,19). The highest BCUT2D eigenvalue weighted by atomic mass is 19.1. The molecule has 2 amide bonds. The van der Waals surface area contributed by atoms with Gasteiger partial charge in [0.1, 0.15) is 5.82 Å². The van der Waals surface area contributed by atoms with Crippen molar-refractivity contribution in [3.05, 3.63) is 35.6 Å². The Morgan fingerprint density at radius 2 is 1.95 bits per heavy atom. The van der Waals surface area contributed by atoms with Crippen molar-refractivity contribution in [2.45, 2.75) is 25.4 Å². The minimum absolute atomic E-state index is 0.0479. The van der Waals surface area contributed by atoms with E-state index in [1.54, 1.807) is 17.0 Å². The van der Waals surface area contributed by atoms with Crippen LogP contribution in [0.5, 0.6) is 0 Å². The third-order valence-electron chi connectivity index (χ3n) is 3.20. The molecule has 1 aliphatic carbocycles. The summed E-state index contributed by atoms with van der Waals surface area (Å²) in [7, 11) is 0. The Labute approximate surface area is 116 Å². The fourth-order valence-electron chi connectivity index (χ4n) is 1.94. The number of carbonyl (C=O) groups is 2. The molecule has 0 saturated heterocycles. The Morgan fingerprint density at radius 3 is 2.50 bits per heavy atom. The Kier molecular flexibility index (Phi) is 4.68. The first-order chi connectivity index (χ1) is 9.60. The Bertz CT molecular complexity index is 486. The average Bonchev–Trinajstić information content (AvgIpc) is 3.28. The second-order valence-electron chi connectivity index (χ2n) is 4.86. The SMILES string of the molecule is NCC(=O)NCC(=O)N(Cc1ccc(F)cc1)C1CC1. The van der Waals surface area contributed by atoms with Gasteiger partial charge in [0.25, 0.3) is 0 Å². The van der Waals surface area contributed by atoms with E-state index in [2.05, 4.69) is 5.32 Å². The lowest BCUT2D eigenvalue weighted by atomic mass is 10.2. The van der Waals surface area contributed by atoms with Gasteiger partial charge in [0.2, 0.25) is 11.8 Å². The fourth-order valence-corrected chi connectivity index (χ4v) is 1.94. The van der Waals surface area contributed by atoms with E-state index in [-0.39, 0.29) is 36.8 Å². The van der Waals surface area contributed by atoms with Gasteiger partial charge in [-0.05, 0) is 30.5 Å². The first-order valence-electron chi connectivity index (χ1n) is 6.61. The van der Waals surface area contributed by atoms with E-state index in [1.807, 2.05) is 0 Å². The summed E-state index contributed by atoms with van der Waals surface area (Å²) in [5.41, 5.74) is 6.04. The van der Waals surface area contributed by atoms with Crippen LogP contribution in [0.4, 0.5) is 4.39 Å². The number of nitrogens with one attached hydrogen (secondary N) is 1. The number of carbonyl (C=O) groups excluding carboxylic acids is 2. The molecule has 6 heteroatoms. The van der Waals surface area contributed by atoms with Crippen molar-refractivity contribution < 1.29 is 14.0 Å². The van der Waals surface area contributed by atoms with Crippen molar-refractivity contribution >= 4 is 11.8 Å². The quantitative estimate of drug-likeness (QED) is 0.791. The van der Waals surface area contributed by atoms with Crippen LogP contribution in [0.3, 0.4) is 0 Å². The summed E-state index contributed by atoms with van der Waals surface area (Å²) < 4.78 is 12.9. The number of nitrogens with two attached hydrogens (primary N) is 1. The summed E-state index contributed by atoms with van der Waals surface area (Å²) in [5, 5.41) is 2.47. The lowest BCUT2D eigenvalue weighted by molar-refractivity contribution is -0.133. The molecule has 0 bridgehead atoms. The van der Waals surface area contributed by atoms with Crippen molar-refractivity contribution in [1.82, 2.24) is 10.2 Å². The molecule has 1 aliphatic rings. The lowest BCUT2D eigenvalue weighted by Crippen LogP contribution is -2.42. The van der Waals surface area contributed by atoms with Crippen LogP contribution < -0.4 is 11.1 Å². The zero-order valence-electron chi connectivity index (χ0n) is 11.1. The number of rotatable bonds is 6. The summed E-state index contributed by atoms with van der Waals surface area (Å²) in [4.78, 5) is 24.9. The van der Waals surface area contributed by atoms with Crippen LogP contribution in [0.1, 0.15) is 18.4 Å². The van der Waals surface area contributed by atoms with Crippen molar-refractivity contribution in [2.75, 3.05) is 13.1 Å². The molecule has 1 aromatic carbocycles. The maximum atomic E-state index is 12.9. The molecule has 0 aliphatic heterocycles. The summed E-state index contributed by atoms with van der Waals surface area (Å²) in [6.07, 6.45) is 1.94. The number of nitrogens with zero attached hydrogens (tertiary/aromatic N) is 1. The molecule has 0 heterocycles. The molecule has 0 radical (unpaired) electrons. The van der Waals surface area contributed by atoms with E-state index in [9.17, 15) is 14.0 Å². The van der Waals surface area contributed by atoms with Crippen molar-refractivity contribution in [3.8, 4) is 0 Å². The van der Waals surface area contributed by atoms with E-state index < -0.39 is 0 Å². The predicted molar refractivity (Wildman–Crippen MR) is 72.0 cm³/mol. The summed E-state index contributed by atoms with van der Waals surface area (Å²) in [6, 6.07) is 6.30. The minimum atomic E-state index is -0.351. The van der Waals surface area contributed by atoms with Crippen LogP contribution in [0.25, 0.3) is 0 Å². The molecular weight excluding hydrogens is 261 g/mol. The number of benzene rings is 1. The fraction of sp³-hybridized carbons (Fsp3) is 0.429. The molecule has 0 spiro atoms. The largest absolute Gasteiger partial charge is 0.346 e. The molecule has 20 heavy (non-hydrogen) atoms. The van der Waals surface area contributed by atoms with Gasteiger partial charge in [-0.25, -0.2) is 4.39 Å². The van der Waals surface area contributed by atoms with Gasteiger partial charge in [-0.3, -0.25) is 9.59 Å². The van der Waals surface area contributed by atoms with Crippen molar-refractivity contribution in [2.24, 2.45) is 5.73 Å². The summed E-state index contributed by atoms with van der Waals surface area (Å²) in [6.45, 7) is 0.255. The van der Waals surface area contributed by atoms with E-state index in [1.165, 1.54) is 12.1 Å². The third kappa shape index (κ3) is 4.03. The highest BCUT2D eigenvalue weighted by molar-refractivity contribution is 5.85. The zero-order chi connectivity index (χ0) is 14.5. The van der Waals surface area contributed by atoms with Crippen LogP contribution in [0.2, 0.25) is 0 Å². The minimum Gasteiger partial charge on any atom is -0.346 e. The van der Waals surface area contributed by atoms with Crippen LogP contribution >= 0.6 is 0 Å². The molecule has 5 nitrogen and oxygen atoms in total. The van der Waals surface area contributed by atoms with E-state index in [0.717, 1.165) is 18.4 Å².